The van der Waals surface area contributed by atoms with Crippen LogP contribution in [0.5, 0.6) is 0 Å². The standard InChI is InChI=1S/C24H19ClF6N2O3/c25-18-8-16(7-17(9-18)23(26,27)28)22(24(29,30)31)10-19(32-36-22)14-3-1-13(2-4-14)15-11-33(12-15)20(34)21(35)5-6-21/h1-4,7-10,15,32,35H,5-6,11-12H2. The summed E-state index contributed by atoms with van der Waals surface area (Å²) in [7, 11) is 0. The molecule has 5 nitrogen and oxygen atoms in total. The topological polar surface area (TPSA) is 61.8 Å². The van der Waals surface area contributed by atoms with Gasteiger partial charge in [-0.1, -0.05) is 35.9 Å². The molecule has 0 spiro atoms. The highest BCUT2D eigenvalue weighted by Gasteiger charge is 2.60. The van der Waals surface area contributed by atoms with Crippen molar-refractivity contribution in [3.8, 4) is 0 Å². The normalized spacial score (nSPS) is 23.7. The van der Waals surface area contributed by atoms with Gasteiger partial charge in [-0.05, 0) is 48.2 Å². The SMILES string of the molecule is O=C(N1CC(c2ccc(C3=CC(c4cc(Cl)cc(C(F)(F)F)c4)(C(F)(F)F)ON3)cc2)C1)C1(O)CC1. The van der Waals surface area contributed by atoms with Crippen molar-refractivity contribution < 1.29 is 41.1 Å². The van der Waals surface area contributed by atoms with E-state index in [-0.39, 0.29) is 17.5 Å². The maximum Gasteiger partial charge on any atom is 0.428 e. The minimum Gasteiger partial charge on any atom is -0.380 e. The van der Waals surface area contributed by atoms with E-state index in [9.17, 15) is 36.2 Å². The van der Waals surface area contributed by atoms with Crippen molar-refractivity contribution in [2.24, 2.45) is 0 Å². The zero-order chi connectivity index (χ0) is 26.1. The second kappa shape index (κ2) is 8.12. The number of carbonyl (C=O) groups is 1. The van der Waals surface area contributed by atoms with E-state index in [1.807, 2.05) is 0 Å². The number of hydrogen-bond acceptors (Lipinski definition) is 4. The van der Waals surface area contributed by atoms with Gasteiger partial charge in [-0.2, -0.15) is 26.3 Å². The zero-order valence-corrected chi connectivity index (χ0v) is 19.1. The number of nitrogens with one attached hydrogen (secondary N) is 1. The van der Waals surface area contributed by atoms with Gasteiger partial charge < -0.3 is 10.0 Å². The Morgan fingerprint density at radius 3 is 2.25 bits per heavy atom. The van der Waals surface area contributed by atoms with Crippen molar-refractivity contribution in [2.75, 3.05) is 13.1 Å². The van der Waals surface area contributed by atoms with Crippen molar-refractivity contribution in [2.45, 2.75) is 42.3 Å². The molecule has 3 aliphatic rings. The summed E-state index contributed by atoms with van der Waals surface area (Å²) in [5.41, 5.74) is -3.26. The summed E-state index contributed by atoms with van der Waals surface area (Å²) < 4.78 is 82.2. The van der Waals surface area contributed by atoms with Crippen LogP contribution in [0.2, 0.25) is 5.02 Å². The lowest BCUT2D eigenvalue weighted by molar-refractivity contribution is -0.269. The summed E-state index contributed by atoms with van der Waals surface area (Å²) in [6.45, 7) is 0.857. The molecule has 0 bridgehead atoms. The van der Waals surface area contributed by atoms with Gasteiger partial charge in [0.2, 0.25) is 5.60 Å². The summed E-state index contributed by atoms with van der Waals surface area (Å²) in [6, 6.07) is 8.21. The molecule has 1 amide bonds. The molecule has 2 aromatic rings. The maximum atomic E-state index is 14.2. The third-order valence-electron chi connectivity index (χ3n) is 6.73. The van der Waals surface area contributed by atoms with Gasteiger partial charge in [-0.15, -0.1) is 0 Å². The van der Waals surface area contributed by atoms with Gasteiger partial charge in [0, 0.05) is 29.6 Å². The first-order valence-corrected chi connectivity index (χ1v) is 11.3. The lowest BCUT2D eigenvalue weighted by Crippen LogP contribution is -2.52. The second-order valence-electron chi connectivity index (χ2n) is 9.28. The highest BCUT2D eigenvalue weighted by atomic mass is 35.5. The Morgan fingerprint density at radius 1 is 1.06 bits per heavy atom. The summed E-state index contributed by atoms with van der Waals surface area (Å²) >= 11 is 5.72. The van der Waals surface area contributed by atoms with Crippen molar-refractivity contribution in [3.05, 3.63) is 75.8 Å². The van der Waals surface area contributed by atoms with E-state index < -0.39 is 39.7 Å². The van der Waals surface area contributed by atoms with E-state index in [4.69, 9.17) is 16.4 Å². The van der Waals surface area contributed by atoms with Gasteiger partial charge in [0.15, 0.2) is 0 Å². The molecular weight excluding hydrogens is 514 g/mol. The molecule has 2 aromatic carbocycles. The maximum absolute atomic E-state index is 14.2. The molecular formula is C24H19ClF6N2O3. The Labute approximate surface area is 206 Å². The Balaban J connectivity index is 1.39. The average Bonchev–Trinajstić information content (AvgIpc) is 3.34. The number of rotatable bonds is 4. The molecule has 1 saturated carbocycles. The fraction of sp³-hybridized carbons (Fsp3) is 0.375. The van der Waals surface area contributed by atoms with Crippen LogP contribution in [0.1, 0.15) is 41.0 Å². The molecule has 5 rings (SSSR count). The molecule has 1 aliphatic carbocycles. The number of halogens is 7. The molecule has 2 heterocycles. The van der Waals surface area contributed by atoms with E-state index in [0.717, 1.165) is 11.6 Å². The lowest BCUT2D eigenvalue weighted by atomic mass is 9.88. The number of nitrogens with zero attached hydrogens (tertiary/aromatic N) is 1. The number of aliphatic hydroxyl groups is 1. The van der Waals surface area contributed by atoms with Crippen LogP contribution in [0.3, 0.4) is 0 Å². The van der Waals surface area contributed by atoms with Crippen molar-refractivity contribution >= 4 is 23.2 Å². The fourth-order valence-electron chi connectivity index (χ4n) is 4.37. The van der Waals surface area contributed by atoms with Crippen LogP contribution in [0.15, 0.2) is 48.5 Å². The van der Waals surface area contributed by atoms with Gasteiger partial charge in [0.25, 0.3) is 5.91 Å². The number of likely N-dealkylation sites (tertiary alicyclic amines) is 1. The van der Waals surface area contributed by atoms with Crippen LogP contribution in [0.4, 0.5) is 26.3 Å². The number of alkyl halides is 6. The van der Waals surface area contributed by atoms with Crippen molar-refractivity contribution in [1.29, 1.82) is 0 Å². The zero-order valence-electron chi connectivity index (χ0n) is 18.4. The molecule has 1 saturated heterocycles. The second-order valence-corrected chi connectivity index (χ2v) is 9.72. The Bertz CT molecular complexity index is 1230. The van der Waals surface area contributed by atoms with E-state index >= 15 is 0 Å². The molecule has 2 fully saturated rings. The monoisotopic (exact) mass is 532 g/mol. The van der Waals surface area contributed by atoms with Gasteiger partial charge in [0.05, 0.1) is 11.3 Å². The molecule has 0 radical (unpaired) electrons. The van der Waals surface area contributed by atoms with Gasteiger partial charge in [-0.25, -0.2) is 0 Å². The molecule has 1 atom stereocenters. The predicted molar refractivity (Wildman–Crippen MR) is 116 cm³/mol. The molecule has 192 valence electrons. The highest BCUT2D eigenvalue weighted by molar-refractivity contribution is 6.30. The summed E-state index contributed by atoms with van der Waals surface area (Å²) in [6.07, 6.45) is -8.41. The van der Waals surface area contributed by atoms with E-state index in [1.165, 1.54) is 0 Å². The molecule has 36 heavy (non-hydrogen) atoms. The molecule has 2 N–H and O–H groups in total. The average molecular weight is 533 g/mol. The van der Waals surface area contributed by atoms with Crippen LogP contribution >= 0.6 is 11.6 Å². The highest BCUT2D eigenvalue weighted by Crippen LogP contribution is 2.49. The molecule has 1 unspecified atom stereocenters. The summed E-state index contributed by atoms with van der Waals surface area (Å²) in [4.78, 5) is 18.6. The van der Waals surface area contributed by atoms with E-state index in [2.05, 4.69) is 5.48 Å². The van der Waals surface area contributed by atoms with Crippen LogP contribution in [-0.4, -0.2) is 40.8 Å². The van der Waals surface area contributed by atoms with Gasteiger partial charge in [-0.3, -0.25) is 15.1 Å². The number of benzene rings is 2. The van der Waals surface area contributed by atoms with Crippen LogP contribution in [0, 0.1) is 0 Å². The molecule has 2 aliphatic heterocycles. The third-order valence-corrected chi connectivity index (χ3v) is 6.95. The smallest absolute Gasteiger partial charge is 0.380 e. The van der Waals surface area contributed by atoms with E-state index in [1.54, 1.807) is 29.2 Å². The lowest BCUT2D eigenvalue weighted by Gasteiger charge is -2.40. The summed E-state index contributed by atoms with van der Waals surface area (Å²) in [5, 5.41) is 9.43. The minimum atomic E-state index is -5.11. The van der Waals surface area contributed by atoms with Crippen LogP contribution in [0.25, 0.3) is 5.70 Å². The Kier molecular flexibility index (Phi) is 5.62. The van der Waals surface area contributed by atoms with Crippen LogP contribution in [-0.2, 0) is 21.4 Å². The molecule has 0 aromatic heterocycles. The Morgan fingerprint density at radius 2 is 1.69 bits per heavy atom. The largest absolute Gasteiger partial charge is 0.428 e. The predicted octanol–water partition coefficient (Wildman–Crippen LogP) is 5.14. The van der Waals surface area contributed by atoms with Crippen molar-refractivity contribution in [3.63, 3.8) is 0 Å². The first-order valence-electron chi connectivity index (χ1n) is 11.0. The minimum absolute atomic E-state index is 0.0219. The van der Waals surface area contributed by atoms with Gasteiger partial charge in [0.1, 0.15) is 5.60 Å². The first-order chi connectivity index (χ1) is 16.7. The van der Waals surface area contributed by atoms with Crippen LogP contribution < -0.4 is 5.48 Å². The summed E-state index contributed by atoms with van der Waals surface area (Å²) in [5.74, 6) is -0.264. The number of hydroxylamine groups is 1. The fourth-order valence-corrected chi connectivity index (χ4v) is 4.61. The number of carbonyl (C=O) groups excluding carboxylic acids is 1. The number of amides is 1. The quantitative estimate of drug-likeness (QED) is 0.535. The third kappa shape index (κ3) is 4.22. The van der Waals surface area contributed by atoms with Crippen molar-refractivity contribution in [1.82, 2.24) is 10.4 Å². The van der Waals surface area contributed by atoms with E-state index in [0.29, 0.717) is 49.7 Å². The molecule has 12 heteroatoms. The van der Waals surface area contributed by atoms with Gasteiger partial charge >= 0.3 is 12.4 Å². The number of hydrogen-bond donors (Lipinski definition) is 2. The first kappa shape index (κ1) is 24.9. The Hall–Kier alpha value is -2.76.